The van der Waals surface area contributed by atoms with Gasteiger partial charge in [-0.25, -0.2) is 0 Å². The van der Waals surface area contributed by atoms with Gasteiger partial charge in [-0.3, -0.25) is 0 Å². The number of ether oxygens (including phenoxy) is 1. The zero-order valence-electron chi connectivity index (χ0n) is 28.7. The lowest BCUT2D eigenvalue weighted by Gasteiger charge is -2.49. The Morgan fingerprint density at radius 2 is 1.68 bits per heavy atom. The fourth-order valence-corrected chi connectivity index (χ4v) is 9.95. The molecule has 5 unspecified atom stereocenters. The summed E-state index contributed by atoms with van der Waals surface area (Å²) in [7, 11) is 0. The first-order chi connectivity index (χ1) is 19.7. The van der Waals surface area contributed by atoms with Crippen molar-refractivity contribution < 1.29 is 4.74 Å². The van der Waals surface area contributed by atoms with E-state index in [9.17, 15) is 0 Å². The van der Waals surface area contributed by atoms with Crippen LogP contribution in [0.25, 0.3) is 0 Å². The molecule has 0 amide bonds. The van der Waals surface area contributed by atoms with Gasteiger partial charge < -0.3 is 15.0 Å². The highest BCUT2D eigenvalue weighted by molar-refractivity contribution is 5.01. The average molecular weight is 573 g/mol. The van der Waals surface area contributed by atoms with Gasteiger partial charge in [0.1, 0.15) is 0 Å². The first-order valence-corrected chi connectivity index (χ1v) is 18.5. The molecule has 6 atom stereocenters. The maximum atomic E-state index is 6.06. The maximum absolute atomic E-state index is 6.06. The molecule has 0 bridgehead atoms. The van der Waals surface area contributed by atoms with Crippen LogP contribution in [0.1, 0.15) is 157 Å². The van der Waals surface area contributed by atoms with E-state index in [0.29, 0.717) is 10.8 Å². The molecular weight excluding hydrogens is 500 g/mol. The first kappa shape index (κ1) is 34.8. The number of hydrogen-bond donors (Lipinski definition) is 1. The predicted octanol–water partition coefficient (Wildman–Crippen LogP) is 10.6. The summed E-state index contributed by atoms with van der Waals surface area (Å²) in [5.41, 5.74) is 1.12. The lowest BCUT2D eigenvalue weighted by Crippen LogP contribution is -2.40. The van der Waals surface area contributed by atoms with E-state index in [4.69, 9.17) is 4.74 Å². The fourth-order valence-electron chi connectivity index (χ4n) is 9.95. The highest BCUT2D eigenvalue weighted by Gasteiger charge is 2.51. The SMILES string of the molecule is C=C(NCCCN(CCC)CCCCC)OCCCC1CCC2C(C[C@H](CC)C3CCCCC3(C)C)CCCC12C. The van der Waals surface area contributed by atoms with Crippen LogP contribution in [0.2, 0.25) is 0 Å². The Bertz CT molecular complexity index is 734. The second-order valence-electron chi connectivity index (χ2n) is 15.5. The van der Waals surface area contributed by atoms with Gasteiger partial charge in [0.15, 0.2) is 5.88 Å². The van der Waals surface area contributed by atoms with Crippen LogP contribution in [0, 0.1) is 40.4 Å². The third kappa shape index (κ3) is 10.2. The minimum absolute atomic E-state index is 0.553. The maximum Gasteiger partial charge on any atom is 0.179 e. The van der Waals surface area contributed by atoms with Crippen molar-refractivity contribution in [2.75, 3.05) is 32.8 Å². The number of nitrogens with zero attached hydrogens (tertiary/aromatic N) is 1. The van der Waals surface area contributed by atoms with Crippen LogP contribution >= 0.6 is 0 Å². The topological polar surface area (TPSA) is 24.5 Å². The molecule has 0 aromatic rings. The molecule has 3 rings (SSSR count). The lowest BCUT2D eigenvalue weighted by molar-refractivity contribution is 0.00980. The molecule has 3 nitrogen and oxygen atoms in total. The number of rotatable bonds is 20. The normalized spacial score (nSPS) is 30.2. The molecule has 3 fully saturated rings. The van der Waals surface area contributed by atoms with E-state index in [-0.39, 0.29) is 0 Å². The Labute approximate surface area is 257 Å². The Morgan fingerprint density at radius 3 is 2.41 bits per heavy atom. The molecule has 0 aliphatic heterocycles. The molecule has 0 aromatic heterocycles. The number of unbranched alkanes of at least 4 members (excludes halogenated alkanes) is 2. The van der Waals surface area contributed by atoms with Gasteiger partial charge in [-0.15, -0.1) is 0 Å². The molecule has 41 heavy (non-hydrogen) atoms. The lowest BCUT2D eigenvalue weighted by atomic mass is 9.56. The van der Waals surface area contributed by atoms with Gasteiger partial charge in [-0.2, -0.15) is 0 Å². The van der Waals surface area contributed by atoms with Crippen LogP contribution < -0.4 is 5.32 Å². The van der Waals surface area contributed by atoms with Crippen LogP contribution in [0.3, 0.4) is 0 Å². The standard InChI is InChI=1S/C38H72N2O/c1-8-11-14-27-40(26-9-2)28-17-25-39-31(4)41-29-16-19-34-21-22-36-33(18-15-24-38(34,36)7)30-32(10-3)35-20-12-13-23-37(35,5)6/h32-36,39H,4,8-30H2,1-3,5-7H3/t32-,33?,34?,35?,36?,38?/m0/s1. The quantitative estimate of drug-likeness (QED) is 0.116. The van der Waals surface area contributed by atoms with E-state index in [1.165, 1.54) is 129 Å². The smallest absolute Gasteiger partial charge is 0.179 e. The molecule has 0 spiro atoms. The van der Waals surface area contributed by atoms with Crippen molar-refractivity contribution in [3.8, 4) is 0 Å². The summed E-state index contributed by atoms with van der Waals surface area (Å²) in [6, 6.07) is 0. The van der Waals surface area contributed by atoms with Gasteiger partial charge in [-0.1, -0.05) is 86.5 Å². The molecule has 3 heteroatoms. The van der Waals surface area contributed by atoms with Gasteiger partial charge in [0.05, 0.1) is 6.61 Å². The van der Waals surface area contributed by atoms with Crippen molar-refractivity contribution in [1.82, 2.24) is 10.2 Å². The minimum atomic E-state index is 0.553. The Balaban J connectivity index is 1.37. The minimum Gasteiger partial charge on any atom is -0.480 e. The van der Waals surface area contributed by atoms with Crippen molar-refractivity contribution in [3.05, 3.63) is 12.5 Å². The molecule has 3 saturated carbocycles. The zero-order chi connectivity index (χ0) is 29.7. The summed E-state index contributed by atoms with van der Waals surface area (Å²) < 4.78 is 6.06. The van der Waals surface area contributed by atoms with E-state index in [0.717, 1.165) is 55.0 Å². The van der Waals surface area contributed by atoms with E-state index in [2.05, 4.69) is 58.3 Å². The van der Waals surface area contributed by atoms with Crippen LogP contribution in [0.4, 0.5) is 0 Å². The Hall–Kier alpha value is -0.700. The number of hydrogen-bond acceptors (Lipinski definition) is 3. The zero-order valence-corrected chi connectivity index (χ0v) is 28.7. The molecule has 0 saturated heterocycles. The molecule has 1 N–H and O–H groups in total. The van der Waals surface area contributed by atoms with Crippen molar-refractivity contribution >= 4 is 0 Å². The van der Waals surface area contributed by atoms with Crippen LogP contribution in [0.15, 0.2) is 12.5 Å². The molecule has 3 aliphatic carbocycles. The summed E-state index contributed by atoms with van der Waals surface area (Å²) >= 11 is 0. The van der Waals surface area contributed by atoms with Gasteiger partial charge in [0.25, 0.3) is 0 Å². The van der Waals surface area contributed by atoms with Crippen LogP contribution in [0.5, 0.6) is 0 Å². The van der Waals surface area contributed by atoms with E-state index >= 15 is 0 Å². The van der Waals surface area contributed by atoms with Gasteiger partial charge in [0.2, 0.25) is 0 Å². The fraction of sp³-hybridized carbons (Fsp3) is 0.947. The van der Waals surface area contributed by atoms with Gasteiger partial charge in [-0.05, 0) is 137 Å². The molecular formula is C38H72N2O. The molecule has 3 aliphatic rings. The molecule has 240 valence electrons. The third-order valence-electron chi connectivity index (χ3n) is 12.3. The average Bonchev–Trinajstić information content (AvgIpc) is 3.28. The van der Waals surface area contributed by atoms with Gasteiger partial charge in [0, 0.05) is 6.54 Å². The third-order valence-corrected chi connectivity index (χ3v) is 12.3. The molecule has 0 heterocycles. The largest absolute Gasteiger partial charge is 0.480 e. The number of fused-ring (bicyclic) bond motifs is 1. The van der Waals surface area contributed by atoms with Crippen molar-refractivity contribution in [2.24, 2.45) is 40.4 Å². The second kappa shape index (κ2) is 17.6. The summed E-state index contributed by atoms with van der Waals surface area (Å²) in [6.45, 7) is 24.5. The summed E-state index contributed by atoms with van der Waals surface area (Å²) in [4.78, 5) is 2.63. The summed E-state index contributed by atoms with van der Waals surface area (Å²) in [6.07, 6.45) is 25.0. The second-order valence-corrected chi connectivity index (χ2v) is 15.5. The van der Waals surface area contributed by atoms with E-state index < -0.39 is 0 Å². The highest BCUT2D eigenvalue weighted by atomic mass is 16.5. The van der Waals surface area contributed by atoms with Crippen molar-refractivity contribution in [2.45, 2.75) is 157 Å². The predicted molar refractivity (Wildman–Crippen MR) is 179 cm³/mol. The van der Waals surface area contributed by atoms with E-state index in [1.807, 2.05) is 0 Å². The Kier molecular flexibility index (Phi) is 14.9. The highest BCUT2D eigenvalue weighted by Crippen LogP contribution is 2.60. The summed E-state index contributed by atoms with van der Waals surface area (Å²) in [5.74, 6) is 5.51. The first-order valence-electron chi connectivity index (χ1n) is 18.5. The van der Waals surface area contributed by atoms with E-state index in [1.54, 1.807) is 0 Å². The van der Waals surface area contributed by atoms with Crippen molar-refractivity contribution in [3.63, 3.8) is 0 Å². The molecule has 0 aromatic carbocycles. The monoisotopic (exact) mass is 573 g/mol. The summed E-state index contributed by atoms with van der Waals surface area (Å²) in [5, 5.41) is 3.45. The number of nitrogens with one attached hydrogen (secondary N) is 1. The van der Waals surface area contributed by atoms with Crippen LogP contribution in [-0.2, 0) is 4.74 Å². The van der Waals surface area contributed by atoms with Crippen LogP contribution in [-0.4, -0.2) is 37.7 Å². The van der Waals surface area contributed by atoms with Crippen molar-refractivity contribution in [1.29, 1.82) is 0 Å². The molecule has 0 radical (unpaired) electrons. The Morgan fingerprint density at radius 1 is 0.878 bits per heavy atom. The van der Waals surface area contributed by atoms with Gasteiger partial charge >= 0.3 is 0 Å².